The highest BCUT2D eigenvalue weighted by Gasteiger charge is 2.10. The number of esters is 1. The maximum absolute atomic E-state index is 12.0. The fourth-order valence-electron chi connectivity index (χ4n) is 2.57. The van der Waals surface area contributed by atoms with Gasteiger partial charge < -0.3 is 20.1 Å². The van der Waals surface area contributed by atoms with E-state index in [0.29, 0.717) is 17.9 Å². The number of aryl methyl sites for hydroxylation is 2. The molecule has 0 bridgehead atoms. The molecule has 0 aliphatic rings. The van der Waals surface area contributed by atoms with Crippen molar-refractivity contribution in [2.24, 2.45) is 0 Å². The number of hydrogen-bond donors (Lipinski definition) is 2. The quantitative estimate of drug-likeness (QED) is 0.630. The van der Waals surface area contributed by atoms with Crippen molar-refractivity contribution in [3.63, 3.8) is 0 Å². The molecular weight excluding hydrogens is 372 g/mol. The van der Waals surface area contributed by atoms with E-state index >= 15 is 0 Å². The van der Waals surface area contributed by atoms with Gasteiger partial charge in [0.15, 0.2) is 6.61 Å². The van der Waals surface area contributed by atoms with Gasteiger partial charge in [0.1, 0.15) is 5.75 Å². The molecule has 29 heavy (non-hydrogen) atoms. The molecule has 0 saturated heterocycles. The molecule has 0 atom stereocenters. The summed E-state index contributed by atoms with van der Waals surface area (Å²) in [5.74, 6) is -0.439. The van der Waals surface area contributed by atoms with E-state index in [4.69, 9.17) is 9.47 Å². The number of benzene rings is 2. The minimum absolute atomic E-state index is 0.0655. The Morgan fingerprint density at radius 2 is 1.62 bits per heavy atom. The zero-order chi connectivity index (χ0) is 21.2. The second kappa shape index (κ2) is 10.8. The fourth-order valence-corrected chi connectivity index (χ4v) is 2.57. The van der Waals surface area contributed by atoms with Crippen LogP contribution in [0.4, 0.5) is 11.4 Å². The average Bonchev–Trinajstić information content (AvgIpc) is 2.70. The number of carbonyl (C=O) groups excluding carboxylic acids is 3. The lowest BCUT2D eigenvalue weighted by Crippen LogP contribution is -2.21. The molecule has 0 aliphatic heterocycles. The van der Waals surface area contributed by atoms with E-state index in [1.165, 1.54) is 0 Å². The zero-order valence-corrected chi connectivity index (χ0v) is 16.9. The minimum atomic E-state index is -0.519. The van der Waals surface area contributed by atoms with Gasteiger partial charge in [-0.25, -0.2) is 0 Å². The summed E-state index contributed by atoms with van der Waals surface area (Å²) in [7, 11) is 1.56. The molecule has 0 aliphatic carbocycles. The van der Waals surface area contributed by atoms with Gasteiger partial charge in [-0.1, -0.05) is 12.1 Å². The summed E-state index contributed by atoms with van der Waals surface area (Å²) in [5.41, 5.74) is 3.39. The third kappa shape index (κ3) is 7.65. The molecule has 2 aromatic carbocycles. The smallest absolute Gasteiger partial charge is 0.306 e. The Bertz CT molecular complexity index is 862. The molecule has 0 radical (unpaired) electrons. The molecule has 0 unspecified atom stereocenters. The van der Waals surface area contributed by atoms with Gasteiger partial charge in [-0.15, -0.1) is 0 Å². The van der Waals surface area contributed by atoms with Crippen molar-refractivity contribution < 1.29 is 23.9 Å². The first kappa shape index (κ1) is 21.9. The molecule has 0 fully saturated rings. The summed E-state index contributed by atoms with van der Waals surface area (Å²) in [5, 5.41) is 5.47. The highest BCUT2D eigenvalue weighted by molar-refractivity contribution is 5.93. The number of anilines is 2. The monoisotopic (exact) mass is 398 g/mol. The van der Waals surface area contributed by atoms with Gasteiger partial charge in [0.05, 0.1) is 7.11 Å². The second-order valence-corrected chi connectivity index (χ2v) is 6.66. The molecule has 7 nitrogen and oxygen atoms in total. The van der Waals surface area contributed by atoms with Gasteiger partial charge in [-0.2, -0.15) is 0 Å². The van der Waals surface area contributed by atoms with Crippen molar-refractivity contribution in [3.8, 4) is 5.75 Å². The lowest BCUT2D eigenvalue weighted by atomic mass is 10.1. The summed E-state index contributed by atoms with van der Waals surface area (Å²) in [4.78, 5) is 35.6. The van der Waals surface area contributed by atoms with Gasteiger partial charge in [0.25, 0.3) is 5.91 Å². The molecule has 2 amide bonds. The molecule has 0 spiro atoms. The average molecular weight is 398 g/mol. The van der Waals surface area contributed by atoms with E-state index in [1.54, 1.807) is 31.4 Å². The standard InChI is InChI=1S/C22H26N2O5/c1-15-7-8-16(2)19(13-15)24-20(25)5-4-6-22(27)29-14-21(26)23-17-9-11-18(28-3)12-10-17/h7-13H,4-6,14H2,1-3H3,(H,23,26)(H,24,25). The lowest BCUT2D eigenvalue weighted by molar-refractivity contribution is -0.147. The van der Waals surface area contributed by atoms with Crippen LogP contribution in [-0.4, -0.2) is 31.5 Å². The van der Waals surface area contributed by atoms with E-state index in [0.717, 1.165) is 16.8 Å². The maximum Gasteiger partial charge on any atom is 0.306 e. The number of rotatable bonds is 9. The van der Waals surface area contributed by atoms with Gasteiger partial charge >= 0.3 is 5.97 Å². The first-order valence-corrected chi connectivity index (χ1v) is 9.34. The molecule has 7 heteroatoms. The van der Waals surface area contributed by atoms with Crippen molar-refractivity contribution >= 4 is 29.2 Å². The summed E-state index contributed by atoms with van der Waals surface area (Å²) in [6, 6.07) is 12.6. The van der Waals surface area contributed by atoms with Gasteiger partial charge in [-0.05, 0) is 61.7 Å². The summed E-state index contributed by atoms with van der Waals surface area (Å²) < 4.78 is 9.99. The van der Waals surface area contributed by atoms with Gasteiger partial charge in [0.2, 0.25) is 5.91 Å². The van der Waals surface area contributed by atoms with Crippen LogP contribution < -0.4 is 15.4 Å². The maximum atomic E-state index is 12.0. The van der Waals surface area contributed by atoms with Crippen LogP contribution in [0.15, 0.2) is 42.5 Å². The highest BCUT2D eigenvalue weighted by Crippen LogP contribution is 2.17. The van der Waals surface area contributed by atoms with Gasteiger partial charge in [0, 0.05) is 24.2 Å². The second-order valence-electron chi connectivity index (χ2n) is 6.66. The summed E-state index contributed by atoms with van der Waals surface area (Å²) in [6.45, 7) is 3.50. The van der Waals surface area contributed by atoms with E-state index in [9.17, 15) is 14.4 Å². The normalized spacial score (nSPS) is 10.2. The Labute approximate surface area is 170 Å². The summed E-state index contributed by atoms with van der Waals surface area (Å²) >= 11 is 0. The number of methoxy groups -OCH3 is 1. The number of amides is 2. The van der Waals surface area contributed by atoms with E-state index in [2.05, 4.69) is 10.6 Å². The van der Waals surface area contributed by atoms with Crippen LogP contribution in [0.2, 0.25) is 0 Å². The largest absolute Gasteiger partial charge is 0.497 e. The van der Waals surface area contributed by atoms with E-state index in [1.807, 2.05) is 32.0 Å². The third-order valence-electron chi connectivity index (χ3n) is 4.19. The number of carbonyl (C=O) groups is 3. The Balaban J connectivity index is 1.65. The molecule has 0 saturated carbocycles. The van der Waals surface area contributed by atoms with E-state index < -0.39 is 11.9 Å². The fraction of sp³-hybridized carbons (Fsp3) is 0.318. The molecule has 0 aromatic heterocycles. The highest BCUT2D eigenvalue weighted by atomic mass is 16.5. The van der Waals surface area contributed by atoms with Crippen molar-refractivity contribution in [3.05, 3.63) is 53.6 Å². The van der Waals surface area contributed by atoms with Crippen LogP contribution >= 0.6 is 0 Å². The van der Waals surface area contributed by atoms with Crippen LogP contribution in [-0.2, 0) is 19.1 Å². The Morgan fingerprint density at radius 3 is 2.31 bits per heavy atom. The Hall–Kier alpha value is -3.35. The van der Waals surface area contributed by atoms with Gasteiger partial charge in [-0.3, -0.25) is 14.4 Å². The van der Waals surface area contributed by atoms with Crippen LogP contribution in [0, 0.1) is 13.8 Å². The molecule has 2 N–H and O–H groups in total. The van der Waals surface area contributed by atoms with Crippen molar-refractivity contribution in [1.29, 1.82) is 0 Å². The number of ether oxygens (including phenoxy) is 2. The molecule has 0 heterocycles. The lowest BCUT2D eigenvalue weighted by Gasteiger charge is -2.09. The molecule has 2 rings (SSSR count). The first-order valence-electron chi connectivity index (χ1n) is 9.34. The molecule has 154 valence electrons. The molecular formula is C22H26N2O5. The number of hydrogen-bond acceptors (Lipinski definition) is 5. The van der Waals surface area contributed by atoms with E-state index in [-0.39, 0.29) is 25.4 Å². The summed E-state index contributed by atoms with van der Waals surface area (Å²) in [6.07, 6.45) is 0.603. The predicted octanol–water partition coefficient (Wildman–Crippen LogP) is 3.60. The molecule has 2 aromatic rings. The Kier molecular flexibility index (Phi) is 8.21. The van der Waals surface area contributed by atoms with Crippen LogP contribution in [0.1, 0.15) is 30.4 Å². The van der Waals surface area contributed by atoms with Crippen molar-refractivity contribution in [2.75, 3.05) is 24.4 Å². The predicted molar refractivity (Wildman–Crippen MR) is 111 cm³/mol. The van der Waals surface area contributed by atoms with Crippen molar-refractivity contribution in [1.82, 2.24) is 0 Å². The van der Waals surface area contributed by atoms with Crippen LogP contribution in [0.3, 0.4) is 0 Å². The SMILES string of the molecule is COc1ccc(NC(=O)COC(=O)CCCC(=O)Nc2cc(C)ccc2C)cc1. The number of nitrogens with one attached hydrogen (secondary N) is 2. The minimum Gasteiger partial charge on any atom is -0.497 e. The topological polar surface area (TPSA) is 93.7 Å². The van der Waals surface area contributed by atoms with Crippen LogP contribution in [0.25, 0.3) is 0 Å². The van der Waals surface area contributed by atoms with Crippen LogP contribution in [0.5, 0.6) is 5.75 Å². The Morgan fingerprint density at radius 1 is 0.897 bits per heavy atom. The van der Waals surface area contributed by atoms with Crippen molar-refractivity contribution in [2.45, 2.75) is 33.1 Å². The third-order valence-corrected chi connectivity index (χ3v) is 4.19. The first-order chi connectivity index (χ1) is 13.9. The zero-order valence-electron chi connectivity index (χ0n) is 16.9.